The number of ether oxygens (including phenoxy) is 2. The number of carbonyl (C=O) groups excluding carboxylic acids is 1. The number of unbranched alkanes of at least 4 members (excludes halogenated alkanes) is 1. The summed E-state index contributed by atoms with van der Waals surface area (Å²) in [5, 5.41) is 11.4. The third-order valence-corrected chi connectivity index (χ3v) is 4.77. The summed E-state index contributed by atoms with van der Waals surface area (Å²) in [6.45, 7) is 6.65. The van der Waals surface area contributed by atoms with Crippen molar-refractivity contribution < 1.29 is 14.3 Å². The average molecular weight is 386 g/mol. The molecule has 0 unspecified atom stereocenters. The minimum Gasteiger partial charge on any atom is -0.493 e. The van der Waals surface area contributed by atoms with Gasteiger partial charge in [-0.25, -0.2) is 0 Å². The molecule has 0 radical (unpaired) electrons. The number of fused-ring (bicyclic) bond motifs is 1. The van der Waals surface area contributed by atoms with Gasteiger partial charge in [0.2, 0.25) is 0 Å². The van der Waals surface area contributed by atoms with Gasteiger partial charge in [-0.3, -0.25) is 4.79 Å². The Morgan fingerprint density at radius 2 is 2.04 bits per heavy atom. The van der Waals surface area contributed by atoms with Crippen LogP contribution in [0.25, 0.3) is 0 Å². The maximum Gasteiger partial charge on any atom is 0.255 e. The highest BCUT2D eigenvalue weighted by Crippen LogP contribution is 2.26. The van der Waals surface area contributed by atoms with E-state index < -0.39 is 0 Å². The monoisotopic (exact) mass is 386 g/mol. The summed E-state index contributed by atoms with van der Waals surface area (Å²) >= 11 is 0. The summed E-state index contributed by atoms with van der Waals surface area (Å²) in [7, 11) is 0. The van der Waals surface area contributed by atoms with Crippen molar-refractivity contribution in [1.82, 2.24) is 20.1 Å². The molecule has 0 saturated heterocycles. The normalized spacial score (nSPS) is 13.1. The van der Waals surface area contributed by atoms with E-state index in [0.717, 1.165) is 62.5 Å². The molecule has 1 aliphatic rings. The smallest absolute Gasteiger partial charge is 0.255 e. The molecule has 2 heterocycles. The summed E-state index contributed by atoms with van der Waals surface area (Å²) in [6, 6.07) is 5.39. The minimum atomic E-state index is -0.179. The molecule has 0 bridgehead atoms. The van der Waals surface area contributed by atoms with Gasteiger partial charge in [0.15, 0.2) is 5.82 Å². The Hall–Kier alpha value is -2.57. The standard InChI is InChI=1S/C21H30N4O3/c1-3-5-13-28-18-14-16(27-12-4-2)9-10-17(18)21(26)22-15-20-24-23-19-8-6-7-11-25(19)20/h9-10,14H,3-8,11-13,15H2,1-2H3,(H,22,26). The van der Waals surface area contributed by atoms with Gasteiger partial charge in [0.25, 0.3) is 5.91 Å². The van der Waals surface area contributed by atoms with Crippen molar-refractivity contribution in [2.24, 2.45) is 0 Å². The zero-order chi connectivity index (χ0) is 19.8. The lowest BCUT2D eigenvalue weighted by Gasteiger charge is -2.16. The van der Waals surface area contributed by atoms with E-state index in [1.54, 1.807) is 12.1 Å². The SMILES string of the molecule is CCCCOc1cc(OCCC)ccc1C(=O)NCc1nnc2n1CCCC2. The number of hydrogen-bond acceptors (Lipinski definition) is 5. The second kappa shape index (κ2) is 10.1. The summed E-state index contributed by atoms with van der Waals surface area (Å²) in [6.07, 6.45) is 6.13. The Kier molecular flexibility index (Phi) is 7.28. The van der Waals surface area contributed by atoms with Gasteiger partial charge in [-0.15, -0.1) is 10.2 Å². The molecule has 0 fully saturated rings. The molecule has 0 saturated carbocycles. The van der Waals surface area contributed by atoms with Crippen LogP contribution < -0.4 is 14.8 Å². The van der Waals surface area contributed by atoms with Crippen LogP contribution in [0.2, 0.25) is 0 Å². The number of nitrogens with one attached hydrogen (secondary N) is 1. The average Bonchev–Trinajstić information content (AvgIpc) is 3.14. The molecule has 0 spiro atoms. The van der Waals surface area contributed by atoms with Crippen LogP contribution in [0.1, 0.15) is 68.0 Å². The predicted molar refractivity (Wildman–Crippen MR) is 107 cm³/mol. The van der Waals surface area contributed by atoms with Gasteiger partial charge in [0.1, 0.15) is 17.3 Å². The quantitative estimate of drug-likeness (QED) is 0.632. The van der Waals surface area contributed by atoms with Crippen molar-refractivity contribution in [3.05, 3.63) is 35.4 Å². The second-order valence-corrected chi connectivity index (χ2v) is 7.03. The third kappa shape index (κ3) is 5.03. The largest absolute Gasteiger partial charge is 0.493 e. The molecule has 3 rings (SSSR count). The van der Waals surface area contributed by atoms with E-state index in [0.29, 0.717) is 31.1 Å². The summed E-state index contributed by atoms with van der Waals surface area (Å²) in [5.41, 5.74) is 0.512. The van der Waals surface area contributed by atoms with E-state index in [1.165, 1.54) is 0 Å². The molecule has 1 aromatic heterocycles. The number of carbonyl (C=O) groups is 1. The van der Waals surface area contributed by atoms with Crippen molar-refractivity contribution in [1.29, 1.82) is 0 Å². The van der Waals surface area contributed by atoms with E-state index in [-0.39, 0.29) is 5.91 Å². The number of hydrogen-bond donors (Lipinski definition) is 1. The van der Waals surface area contributed by atoms with Gasteiger partial charge in [-0.05, 0) is 37.8 Å². The molecule has 28 heavy (non-hydrogen) atoms. The Balaban J connectivity index is 1.69. The summed E-state index contributed by atoms with van der Waals surface area (Å²) in [5.74, 6) is 2.91. The maximum atomic E-state index is 12.8. The van der Waals surface area contributed by atoms with E-state index >= 15 is 0 Å². The number of aromatic nitrogens is 3. The first-order valence-electron chi connectivity index (χ1n) is 10.3. The fourth-order valence-electron chi connectivity index (χ4n) is 3.20. The Morgan fingerprint density at radius 1 is 1.14 bits per heavy atom. The van der Waals surface area contributed by atoms with Crippen LogP contribution in [-0.2, 0) is 19.5 Å². The maximum absolute atomic E-state index is 12.8. The molecule has 1 N–H and O–H groups in total. The van der Waals surface area contributed by atoms with Crippen LogP contribution >= 0.6 is 0 Å². The highest BCUT2D eigenvalue weighted by Gasteiger charge is 2.18. The van der Waals surface area contributed by atoms with Crippen LogP contribution in [0.15, 0.2) is 18.2 Å². The van der Waals surface area contributed by atoms with Gasteiger partial charge < -0.3 is 19.4 Å². The van der Waals surface area contributed by atoms with Gasteiger partial charge in [-0.2, -0.15) is 0 Å². The van der Waals surface area contributed by atoms with E-state index in [9.17, 15) is 4.79 Å². The van der Waals surface area contributed by atoms with E-state index in [4.69, 9.17) is 9.47 Å². The zero-order valence-corrected chi connectivity index (χ0v) is 16.9. The highest BCUT2D eigenvalue weighted by molar-refractivity contribution is 5.97. The molecular weight excluding hydrogens is 356 g/mol. The lowest BCUT2D eigenvalue weighted by atomic mass is 10.1. The van der Waals surface area contributed by atoms with Crippen molar-refractivity contribution in [2.45, 2.75) is 65.5 Å². The molecule has 7 heteroatoms. The number of benzene rings is 1. The van der Waals surface area contributed by atoms with Gasteiger partial charge in [0, 0.05) is 19.0 Å². The van der Waals surface area contributed by atoms with Gasteiger partial charge in [-0.1, -0.05) is 20.3 Å². The van der Waals surface area contributed by atoms with Crippen LogP contribution in [0.3, 0.4) is 0 Å². The van der Waals surface area contributed by atoms with E-state index in [2.05, 4.69) is 33.9 Å². The van der Waals surface area contributed by atoms with Crippen LogP contribution in [0.5, 0.6) is 11.5 Å². The molecule has 2 aromatic rings. The Bertz CT molecular complexity index is 788. The molecule has 1 aromatic carbocycles. The molecule has 7 nitrogen and oxygen atoms in total. The second-order valence-electron chi connectivity index (χ2n) is 7.03. The Labute approximate surface area is 166 Å². The Morgan fingerprint density at radius 3 is 2.86 bits per heavy atom. The van der Waals surface area contributed by atoms with Crippen LogP contribution in [0.4, 0.5) is 0 Å². The zero-order valence-electron chi connectivity index (χ0n) is 16.9. The first-order chi connectivity index (χ1) is 13.7. The summed E-state index contributed by atoms with van der Waals surface area (Å²) < 4.78 is 13.7. The van der Waals surface area contributed by atoms with Crippen molar-refractivity contribution >= 4 is 5.91 Å². The van der Waals surface area contributed by atoms with E-state index in [1.807, 2.05) is 6.07 Å². The first kappa shape index (κ1) is 20.2. The number of nitrogens with zero attached hydrogens (tertiary/aromatic N) is 3. The number of amides is 1. The molecule has 1 aliphatic heterocycles. The minimum absolute atomic E-state index is 0.179. The van der Waals surface area contributed by atoms with Crippen molar-refractivity contribution in [2.75, 3.05) is 13.2 Å². The fraction of sp³-hybridized carbons (Fsp3) is 0.571. The molecule has 1 amide bonds. The molecular formula is C21H30N4O3. The lowest BCUT2D eigenvalue weighted by Crippen LogP contribution is -2.26. The van der Waals surface area contributed by atoms with Crippen LogP contribution in [0, 0.1) is 0 Å². The lowest BCUT2D eigenvalue weighted by molar-refractivity contribution is 0.0945. The third-order valence-electron chi connectivity index (χ3n) is 4.77. The van der Waals surface area contributed by atoms with Gasteiger partial charge in [0.05, 0.1) is 25.3 Å². The van der Waals surface area contributed by atoms with Crippen molar-refractivity contribution in [3.8, 4) is 11.5 Å². The number of aryl methyl sites for hydroxylation is 1. The molecule has 152 valence electrons. The fourth-order valence-corrected chi connectivity index (χ4v) is 3.20. The topological polar surface area (TPSA) is 78.3 Å². The van der Waals surface area contributed by atoms with Crippen LogP contribution in [-0.4, -0.2) is 33.9 Å². The van der Waals surface area contributed by atoms with Crippen molar-refractivity contribution in [3.63, 3.8) is 0 Å². The highest BCUT2D eigenvalue weighted by atomic mass is 16.5. The molecule has 0 aliphatic carbocycles. The van der Waals surface area contributed by atoms with Gasteiger partial charge >= 0.3 is 0 Å². The molecule has 0 atom stereocenters. The summed E-state index contributed by atoms with van der Waals surface area (Å²) in [4.78, 5) is 12.8. The number of rotatable bonds is 10. The predicted octanol–water partition coefficient (Wildman–Crippen LogP) is 3.51. The first-order valence-corrected chi connectivity index (χ1v) is 10.3.